The summed E-state index contributed by atoms with van der Waals surface area (Å²) < 4.78 is 2.03. The van der Waals surface area contributed by atoms with Crippen LogP contribution in [0.3, 0.4) is 0 Å². The van der Waals surface area contributed by atoms with E-state index in [9.17, 15) is 0 Å². The summed E-state index contributed by atoms with van der Waals surface area (Å²) in [6.45, 7) is 0. The van der Waals surface area contributed by atoms with E-state index < -0.39 is 0 Å². The normalized spacial score (nSPS) is 17.0. The highest BCUT2D eigenvalue weighted by Gasteiger charge is 2.20. The van der Waals surface area contributed by atoms with Crippen LogP contribution in [0.5, 0.6) is 0 Å². The van der Waals surface area contributed by atoms with Crippen molar-refractivity contribution >= 4 is 17.0 Å². The van der Waals surface area contributed by atoms with Crippen LogP contribution < -0.4 is 5.73 Å². The monoisotopic (exact) mass is 234 g/mol. The predicted octanol–water partition coefficient (Wildman–Crippen LogP) is 2.70. The second kappa shape index (κ2) is 3.90. The van der Waals surface area contributed by atoms with Gasteiger partial charge in [0.05, 0.1) is 11.7 Å². The molecule has 0 unspecified atom stereocenters. The summed E-state index contributed by atoms with van der Waals surface area (Å²) in [6.07, 6.45) is 8.78. The van der Waals surface area contributed by atoms with Crippen molar-refractivity contribution in [2.24, 2.45) is 0 Å². The molecule has 0 spiro atoms. The van der Waals surface area contributed by atoms with E-state index in [0.717, 1.165) is 16.4 Å². The van der Waals surface area contributed by atoms with Crippen LogP contribution in [0.4, 0.5) is 5.69 Å². The fraction of sp³-hybridized carbons (Fsp3) is 0.455. The van der Waals surface area contributed by atoms with E-state index in [1.54, 1.807) is 17.5 Å². The van der Waals surface area contributed by atoms with Crippen molar-refractivity contribution in [2.75, 3.05) is 5.73 Å². The third-order valence-electron chi connectivity index (χ3n) is 3.09. The van der Waals surface area contributed by atoms with Crippen molar-refractivity contribution in [3.05, 3.63) is 17.8 Å². The lowest BCUT2D eigenvalue weighted by molar-refractivity contribution is 0.468. The van der Waals surface area contributed by atoms with E-state index in [1.807, 2.05) is 16.3 Å². The molecule has 0 amide bonds. The Morgan fingerprint density at radius 2 is 2.19 bits per heavy atom. The van der Waals surface area contributed by atoms with E-state index in [4.69, 9.17) is 5.73 Å². The number of nitrogens with zero attached hydrogens (tertiary/aromatic N) is 3. The van der Waals surface area contributed by atoms with E-state index in [-0.39, 0.29) is 0 Å². The Hall–Kier alpha value is -1.36. The van der Waals surface area contributed by atoms with Crippen LogP contribution in [0.15, 0.2) is 17.8 Å². The second-order valence-electron chi connectivity index (χ2n) is 4.19. The zero-order chi connectivity index (χ0) is 11.0. The van der Waals surface area contributed by atoms with Gasteiger partial charge in [-0.2, -0.15) is 5.10 Å². The highest BCUT2D eigenvalue weighted by molar-refractivity contribution is 7.13. The Morgan fingerprint density at radius 1 is 1.38 bits per heavy atom. The SMILES string of the molecule is Nc1cn(C2CCCC2)nc1-c1nccs1. The quantitative estimate of drug-likeness (QED) is 0.869. The minimum absolute atomic E-state index is 0.538. The highest BCUT2D eigenvalue weighted by atomic mass is 32.1. The first-order valence-corrected chi connectivity index (χ1v) is 6.47. The van der Waals surface area contributed by atoms with Gasteiger partial charge in [0.15, 0.2) is 0 Å². The first-order valence-electron chi connectivity index (χ1n) is 5.59. The number of nitrogen functional groups attached to an aromatic ring is 1. The molecule has 0 atom stereocenters. The molecule has 1 aliphatic carbocycles. The molecule has 2 aromatic heterocycles. The van der Waals surface area contributed by atoms with Crippen molar-refractivity contribution < 1.29 is 0 Å². The number of hydrogen-bond donors (Lipinski definition) is 1. The molecule has 0 bridgehead atoms. The summed E-state index contributed by atoms with van der Waals surface area (Å²) >= 11 is 1.58. The molecule has 1 saturated carbocycles. The first-order chi connectivity index (χ1) is 7.84. The lowest BCUT2D eigenvalue weighted by atomic mass is 10.3. The third kappa shape index (κ3) is 1.61. The van der Waals surface area contributed by atoms with Crippen LogP contribution in [0.1, 0.15) is 31.7 Å². The van der Waals surface area contributed by atoms with Crippen LogP contribution in [0, 0.1) is 0 Å². The molecule has 4 nitrogen and oxygen atoms in total. The second-order valence-corrected chi connectivity index (χ2v) is 5.08. The molecule has 2 N–H and O–H groups in total. The molecule has 16 heavy (non-hydrogen) atoms. The van der Waals surface area contributed by atoms with Gasteiger partial charge in [-0.1, -0.05) is 12.8 Å². The molecular formula is C11H14N4S. The molecular weight excluding hydrogens is 220 g/mol. The fourth-order valence-electron chi connectivity index (χ4n) is 2.27. The van der Waals surface area contributed by atoms with Crippen molar-refractivity contribution in [1.82, 2.24) is 14.8 Å². The Kier molecular flexibility index (Phi) is 2.40. The lowest BCUT2D eigenvalue weighted by Crippen LogP contribution is -2.04. The molecule has 2 aromatic rings. The third-order valence-corrected chi connectivity index (χ3v) is 3.87. The lowest BCUT2D eigenvalue weighted by Gasteiger charge is -2.08. The maximum absolute atomic E-state index is 5.98. The Labute approximate surface area is 98.1 Å². The minimum Gasteiger partial charge on any atom is -0.396 e. The number of anilines is 1. The molecule has 0 aromatic carbocycles. The van der Waals surface area contributed by atoms with Crippen molar-refractivity contribution in [2.45, 2.75) is 31.7 Å². The van der Waals surface area contributed by atoms with Gasteiger partial charge in [0.1, 0.15) is 10.7 Å². The van der Waals surface area contributed by atoms with Gasteiger partial charge < -0.3 is 5.73 Å². The predicted molar refractivity (Wildman–Crippen MR) is 65.3 cm³/mol. The average Bonchev–Trinajstić information content (AvgIpc) is 2.97. The van der Waals surface area contributed by atoms with Gasteiger partial charge in [0, 0.05) is 17.8 Å². The molecule has 0 radical (unpaired) electrons. The van der Waals surface area contributed by atoms with E-state index in [0.29, 0.717) is 6.04 Å². The summed E-state index contributed by atoms with van der Waals surface area (Å²) in [4.78, 5) is 4.25. The van der Waals surface area contributed by atoms with Crippen LogP contribution in [0.25, 0.3) is 10.7 Å². The summed E-state index contributed by atoms with van der Waals surface area (Å²) in [7, 11) is 0. The average molecular weight is 234 g/mol. The Morgan fingerprint density at radius 3 is 2.88 bits per heavy atom. The van der Waals surface area contributed by atoms with E-state index in [2.05, 4.69) is 10.1 Å². The van der Waals surface area contributed by atoms with Gasteiger partial charge in [-0.25, -0.2) is 4.98 Å². The Bertz CT molecular complexity index is 468. The minimum atomic E-state index is 0.538. The van der Waals surface area contributed by atoms with Gasteiger partial charge in [-0.15, -0.1) is 11.3 Å². The van der Waals surface area contributed by atoms with Crippen LogP contribution in [-0.2, 0) is 0 Å². The Balaban J connectivity index is 1.95. The highest BCUT2D eigenvalue weighted by Crippen LogP contribution is 2.32. The standard InChI is InChI=1S/C11H14N4S/c12-9-7-15(8-3-1-2-4-8)14-10(9)11-13-5-6-16-11/h5-8H,1-4,12H2. The number of hydrogen-bond acceptors (Lipinski definition) is 4. The largest absolute Gasteiger partial charge is 0.396 e. The van der Waals surface area contributed by atoms with Gasteiger partial charge in [0.25, 0.3) is 0 Å². The fourth-order valence-corrected chi connectivity index (χ4v) is 2.91. The van der Waals surface area contributed by atoms with Crippen molar-refractivity contribution in [3.63, 3.8) is 0 Å². The summed E-state index contributed by atoms with van der Waals surface area (Å²) in [5.41, 5.74) is 7.56. The zero-order valence-electron chi connectivity index (χ0n) is 8.97. The van der Waals surface area contributed by atoms with Gasteiger partial charge >= 0.3 is 0 Å². The smallest absolute Gasteiger partial charge is 0.145 e. The summed E-state index contributed by atoms with van der Waals surface area (Å²) in [6, 6.07) is 0.538. The van der Waals surface area contributed by atoms with Crippen LogP contribution in [-0.4, -0.2) is 14.8 Å². The van der Waals surface area contributed by atoms with Gasteiger partial charge in [-0.3, -0.25) is 4.68 Å². The van der Waals surface area contributed by atoms with Gasteiger partial charge in [0.2, 0.25) is 0 Å². The molecule has 3 rings (SSSR count). The molecule has 2 heterocycles. The molecule has 1 aliphatic rings. The maximum atomic E-state index is 5.98. The van der Waals surface area contributed by atoms with Crippen LogP contribution in [0.2, 0.25) is 0 Å². The number of aromatic nitrogens is 3. The topological polar surface area (TPSA) is 56.7 Å². The number of nitrogens with two attached hydrogens (primary N) is 1. The van der Waals surface area contributed by atoms with E-state index >= 15 is 0 Å². The molecule has 0 saturated heterocycles. The van der Waals surface area contributed by atoms with E-state index in [1.165, 1.54) is 25.7 Å². The van der Waals surface area contributed by atoms with Crippen molar-refractivity contribution in [1.29, 1.82) is 0 Å². The molecule has 0 aliphatic heterocycles. The number of thiazole rings is 1. The first kappa shape index (κ1) is 9.84. The summed E-state index contributed by atoms with van der Waals surface area (Å²) in [5, 5.41) is 7.43. The number of rotatable bonds is 2. The van der Waals surface area contributed by atoms with Gasteiger partial charge in [-0.05, 0) is 12.8 Å². The zero-order valence-corrected chi connectivity index (χ0v) is 9.78. The summed E-state index contributed by atoms with van der Waals surface area (Å²) in [5.74, 6) is 0. The molecule has 1 fully saturated rings. The maximum Gasteiger partial charge on any atom is 0.145 e. The molecule has 5 heteroatoms. The molecule has 84 valence electrons. The van der Waals surface area contributed by atoms with Crippen molar-refractivity contribution in [3.8, 4) is 10.7 Å². The van der Waals surface area contributed by atoms with Crippen LogP contribution >= 0.6 is 11.3 Å².